The highest BCUT2D eigenvalue weighted by Crippen LogP contribution is 2.43. The Morgan fingerprint density at radius 2 is 2.11 bits per heavy atom. The first-order chi connectivity index (χ1) is 8.80. The van der Waals surface area contributed by atoms with E-state index in [4.69, 9.17) is 15.2 Å². The molecule has 0 bridgehead atoms. The Hall–Kier alpha value is -1.64. The third-order valence-electron chi connectivity index (χ3n) is 2.01. The van der Waals surface area contributed by atoms with E-state index in [9.17, 15) is 18.0 Å². The second-order valence-corrected chi connectivity index (χ2v) is 4.42. The van der Waals surface area contributed by atoms with Crippen LogP contribution in [0.1, 0.15) is 16.6 Å². The van der Waals surface area contributed by atoms with Crippen LogP contribution in [0.25, 0.3) is 0 Å². The smallest absolute Gasteiger partial charge is 0.405 e. The molecule has 0 saturated heterocycles. The number of nitrogens with two attached hydrogens (primary N) is 1. The van der Waals surface area contributed by atoms with Gasteiger partial charge in [-0.3, -0.25) is 0 Å². The van der Waals surface area contributed by atoms with E-state index in [1.165, 1.54) is 7.11 Å². The van der Waals surface area contributed by atoms with Gasteiger partial charge < -0.3 is 20.5 Å². The van der Waals surface area contributed by atoms with Crippen LogP contribution in [-0.2, 0) is 4.74 Å². The Bertz CT molecular complexity index is 460. The average molecular weight is 298 g/mol. The molecule has 0 aliphatic carbocycles. The lowest BCUT2D eigenvalue weighted by atomic mass is 10.3. The number of anilines is 2. The van der Waals surface area contributed by atoms with Gasteiger partial charge in [0.15, 0.2) is 5.75 Å². The molecule has 0 aliphatic rings. The Morgan fingerprint density at radius 1 is 1.47 bits per heavy atom. The van der Waals surface area contributed by atoms with Gasteiger partial charge >= 0.3 is 12.1 Å². The maximum Gasteiger partial charge on any atom is 0.405 e. The van der Waals surface area contributed by atoms with E-state index >= 15 is 0 Å². The molecule has 0 aliphatic heterocycles. The molecule has 0 fully saturated rings. The van der Waals surface area contributed by atoms with E-state index < -0.39 is 18.7 Å². The Kier molecular flexibility index (Phi) is 4.87. The van der Waals surface area contributed by atoms with Crippen LogP contribution in [0.4, 0.5) is 23.9 Å². The maximum atomic E-state index is 12.1. The van der Waals surface area contributed by atoms with Crippen molar-refractivity contribution in [2.24, 2.45) is 0 Å². The van der Waals surface area contributed by atoms with Crippen LogP contribution in [0.3, 0.4) is 0 Å². The second-order valence-electron chi connectivity index (χ2n) is 3.40. The fourth-order valence-electron chi connectivity index (χ4n) is 1.28. The van der Waals surface area contributed by atoms with Crippen molar-refractivity contribution in [2.75, 3.05) is 31.3 Å². The van der Waals surface area contributed by atoms with Gasteiger partial charge in [-0.1, -0.05) is 0 Å². The molecule has 9 heteroatoms. The van der Waals surface area contributed by atoms with Crippen molar-refractivity contribution in [2.45, 2.75) is 13.1 Å². The predicted molar refractivity (Wildman–Crippen MR) is 65.8 cm³/mol. The van der Waals surface area contributed by atoms with E-state index in [1.54, 1.807) is 6.92 Å². The Balaban J connectivity index is 2.99. The number of rotatable bonds is 5. The molecule has 19 heavy (non-hydrogen) atoms. The Labute approximate surface area is 111 Å². The lowest BCUT2D eigenvalue weighted by molar-refractivity contribution is -0.115. The van der Waals surface area contributed by atoms with Crippen LogP contribution in [0.15, 0.2) is 0 Å². The average Bonchev–Trinajstić information content (AvgIpc) is 2.62. The third-order valence-corrected chi connectivity index (χ3v) is 3.14. The number of nitrogens with one attached hydrogen (secondary N) is 1. The number of carbonyl (C=O) groups is 1. The number of hydrogen-bond acceptors (Lipinski definition) is 6. The first kappa shape index (κ1) is 15.4. The zero-order valence-corrected chi connectivity index (χ0v) is 11.1. The van der Waals surface area contributed by atoms with Gasteiger partial charge in [-0.25, -0.2) is 4.79 Å². The molecule has 108 valence electrons. The van der Waals surface area contributed by atoms with Gasteiger partial charge in [-0.2, -0.15) is 13.2 Å². The third kappa shape index (κ3) is 3.91. The number of alkyl halides is 3. The van der Waals surface area contributed by atoms with Crippen molar-refractivity contribution < 1.29 is 27.4 Å². The normalized spacial score (nSPS) is 11.2. The van der Waals surface area contributed by atoms with Crippen molar-refractivity contribution in [1.82, 2.24) is 0 Å². The summed E-state index contributed by atoms with van der Waals surface area (Å²) < 4.78 is 46.1. The molecule has 1 aromatic heterocycles. The SMILES string of the molecule is CCOC(=O)c1sc(NCC(F)(F)F)c(OC)c1N. The van der Waals surface area contributed by atoms with E-state index in [1.807, 2.05) is 0 Å². The maximum absolute atomic E-state index is 12.1. The summed E-state index contributed by atoms with van der Waals surface area (Å²) in [6.07, 6.45) is -4.38. The molecule has 0 spiro atoms. The van der Waals surface area contributed by atoms with Crippen LogP contribution in [0.2, 0.25) is 0 Å². The van der Waals surface area contributed by atoms with Crippen molar-refractivity contribution in [1.29, 1.82) is 0 Å². The molecule has 0 radical (unpaired) electrons. The molecular weight excluding hydrogens is 285 g/mol. The van der Waals surface area contributed by atoms with Gasteiger partial charge in [0, 0.05) is 0 Å². The molecular formula is C10H13F3N2O3S. The molecule has 5 nitrogen and oxygen atoms in total. The summed E-state index contributed by atoms with van der Waals surface area (Å²) in [6.45, 7) is 0.511. The van der Waals surface area contributed by atoms with Gasteiger partial charge in [0.25, 0.3) is 0 Å². The molecule has 1 rings (SSSR count). The molecule has 0 atom stereocenters. The second kappa shape index (κ2) is 6.00. The van der Waals surface area contributed by atoms with E-state index in [0.29, 0.717) is 0 Å². The molecule has 1 aromatic rings. The summed E-state index contributed by atoms with van der Waals surface area (Å²) in [5.74, 6) is -0.680. The summed E-state index contributed by atoms with van der Waals surface area (Å²) in [6, 6.07) is 0. The number of carbonyl (C=O) groups excluding carboxylic acids is 1. The van der Waals surface area contributed by atoms with Crippen LogP contribution in [0.5, 0.6) is 5.75 Å². The highest BCUT2D eigenvalue weighted by molar-refractivity contribution is 7.19. The minimum Gasteiger partial charge on any atom is -0.492 e. The van der Waals surface area contributed by atoms with Crippen molar-refractivity contribution >= 4 is 28.0 Å². The van der Waals surface area contributed by atoms with Gasteiger partial charge in [0.05, 0.1) is 13.7 Å². The summed E-state index contributed by atoms with van der Waals surface area (Å²) in [5.41, 5.74) is 5.62. The van der Waals surface area contributed by atoms with Gasteiger partial charge in [-0.15, -0.1) is 11.3 Å². The largest absolute Gasteiger partial charge is 0.492 e. The number of hydrogen-bond donors (Lipinski definition) is 2. The number of thiophene rings is 1. The zero-order valence-electron chi connectivity index (χ0n) is 10.3. The van der Waals surface area contributed by atoms with Crippen molar-refractivity contribution in [3.05, 3.63) is 4.88 Å². The van der Waals surface area contributed by atoms with Crippen LogP contribution in [-0.4, -0.2) is 32.4 Å². The first-order valence-electron chi connectivity index (χ1n) is 5.24. The lowest BCUT2D eigenvalue weighted by Gasteiger charge is -2.09. The molecule has 0 amide bonds. The van der Waals surface area contributed by atoms with Gasteiger partial charge in [0.1, 0.15) is 22.1 Å². The highest BCUT2D eigenvalue weighted by Gasteiger charge is 2.29. The topological polar surface area (TPSA) is 73.6 Å². The Morgan fingerprint density at radius 3 is 2.58 bits per heavy atom. The van der Waals surface area contributed by atoms with E-state index in [2.05, 4.69) is 5.32 Å². The van der Waals surface area contributed by atoms with Gasteiger partial charge in [-0.05, 0) is 6.92 Å². The standard InChI is InChI=1S/C10H13F3N2O3S/c1-3-18-9(16)7-5(14)6(17-2)8(19-7)15-4-10(11,12)13/h15H,3-4,14H2,1-2H3. The van der Waals surface area contributed by atoms with Crippen LogP contribution >= 0.6 is 11.3 Å². The zero-order chi connectivity index (χ0) is 14.6. The number of ether oxygens (including phenoxy) is 2. The summed E-state index contributed by atoms with van der Waals surface area (Å²) in [4.78, 5) is 11.6. The number of esters is 1. The summed E-state index contributed by atoms with van der Waals surface area (Å²) in [5, 5.41) is 2.19. The van der Waals surface area contributed by atoms with E-state index in [-0.39, 0.29) is 27.9 Å². The molecule has 0 aromatic carbocycles. The lowest BCUT2D eigenvalue weighted by Crippen LogP contribution is -2.21. The number of nitrogen functional groups attached to an aromatic ring is 1. The van der Waals surface area contributed by atoms with Crippen molar-refractivity contribution in [3.63, 3.8) is 0 Å². The highest BCUT2D eigenvalue weighted by atomic mass is 32.1. The summed E-state index contributed by atoms with van der Waals surface area (Å²) in [7, 11) is 1.26. The number of methoxy groups -OCH3 is 1. The first-order valence-corrected chi connectivity index (χ1v) is 6.05. The van der Waals surface area contributed by atoms with Crippen LogP contribution < -0.4 is 15.8 Å². The molecule has 0 saturated carbocycles. The quantitative estimate of drug-likeness (QED) is 0.817. The van der Waals surface area contributed by atoms with Crippen molar-refractivity contribution in [3.8, 4) is 5.75 Å². The monoisotopic (exact) mass is 298 g/mol. The molecule has 3 N–H and O–H groups in total. The minimum absolute atomic E-state index is 0.0114. The van der Waals surface area contributed by atoms with Crippen LogP contribution in [0, 0.1) is 0 Å². The fourth-order valence-corrected chi connectivity index (χ4v) is 2.26. The predicted octanol–water partition coefficient (Wildman–Crippen LogP) is 2.49. The minimum atomic E-state index is -4.38. The van der Waals surface area contributed by atoms with E-state index in [0.717, 1.165) is 11.3 Å². The molecule has 1 heterocycles. The van der Waals surface area contributed by atoms with Gasteiger partial charge in [0.2, 0.25) is 0 Å². The summed E-state index contributed by atoms with van der Waals surface area (Å²) >= 11 is 0.764. The number of halogens is 3. The fraction of sp³-hybridized carbons (Fsp3) is 0.500. The molecule has 0 unspecified atom stereocenters.